The number of nitrogens with zero attached hydrogens (tertiary/aromatic N) is 2. The number of fused-ring (bicyclic) bond motifs is 1. The molecular formula is C21H21N3. The molecule has 0 spiro atoms. The number of hydrogen-bond donors (Lipinski definition) is 1. The van der Waals surface area contributed by atoms with Gasteiger partial charge in [0.25, 0.3) is 0 Å². The Balaban J connectivity index is 1.99. The van der Waals surface area contributed by atoms with Gasteiger partial charge in [-0.1, -0.05) is 55.1 Å². The number of allylic oxidation sites excluding steroid dienone is 2. The zero-order chi connectivity index (χ0) is 16.9. The summed E-state index contributed by atoms with van der Waals surface area (Å²) in [5.74, 6) is 0.480. The second-order valence-corrected chi connectivity index (χ2v) is 5.82. The number of anilines is 1. The van der Waals surface area contributed by atoms with E-state index in [1.54, 1.807) is 6.08 Å². The molecule has 0 atom stereocenters. The number of hydrogen-bond acceptors (Lipinski definition) is 3. The van der Waals surface area contributed by atoms with Crippen molar-refractivity contribution in [2.45, 2.75) is 19.8 Å². The van der Waals surface area contributed by atoms with Gasteiger partial charge in [0.05, 0.1) is 0 Å². The third-order valence-corrected chi connectivity index (χ3v) is 4.10. The number of nitrogen functional groups attached to an aromatic ring is 1. The summed E-state index contributed by atoms with van der Waals surface area (Å²) in [5.41, 5.74) is 11.3. The molecule has 0 aliphatic rings. The SMILES string of the molecule is C=C/C=C\c1c(C)nc(N)c2ncc(CCc3ccccc3)cc12. The Kier molecular flexibility index (Phi) is 4.71. The highest BCUT2D eigenvalue weighted by molar-refractivity contribution is 5.95. The van der Waals surface area contributed by atoms with Crippen molar-refractivity contribution >= 4 is 22.8 Å². The van der Waals surface area contributed by atoms with E-state index in [1.807, 2.05) is 31.3 Å². The molecular weight excluding hydrogens is 294 g/mol. The highest BCUT2D eigenvalue weighted by Gasteiger charge is 2.10. The zero-order valence-electron chi connectivity index (χ0n) is 13.9. The summed E-state index contributed by atoms with van der Waals surface area (Å²) in [7, 11) is 0. The number of benzene rings is 1. The zero-order valence-corrected chi connectivity index (χ0v) is 13.9. The minimum absolute atomic E-state index is 0.480. The average Bonchev–Trinajstić information content (AvgIpc) is 2.60. The van der Waals surface area contributed by atoms with Gasteiger partial charge in [0, 0.05) is 22.8 Å². The highest BCUT2D eigenvalue weighted by atomic mass is 14.9. The topological polar surface area (TPSA) is 51.8 Å². The molecule has 2 N–H and O–H groups in total. The van der Waals surface area contributed by atoms with Crippen molar-refractivity contribution in [1.82, 2.24) is 9.97 Å². The van der Waals surface area contributed by atoms with Crippen LogP contribution in [0, 0.1) is 6.92 Å². The smallest absolute Gasteiger partial charge is 0.150 e. The molecule has 0 amide bonds. The van der Waals surface area contributed by atoms with Crippen molar-refractivity contribution < 1.29 is 0 Å². The van der Waals surface area contributed by atoms with Crippen molar-refractivity contribution in [2.24, 2.45) is 0 Å². The van der Waals surface area contributed by atoms with Gasteiger partial charge in [-0.05, 0) is 37.0 Å². The first-order chi connectivity index (χ1) is 11.7. The molecule has 0 saturated carbocycles. The van der Waals surface area contributed by atoms with E-state index in [4.69, 9.17) is 5.73 Å². The maximum absolute atomic E-state index is 6.05. The fourth-order valence-corrected chi connectivity index (χ4v) is 2.85. The molecule has 0 bridgehead atoms. The van der Waals surface area contributed by atoms with Crippen LogP contribution in [0.15, 0.2) is 61.3 Å². The predicted molar refractivity (Wildman–Crippen MR) is 102 cm³/mol. The molecule has 3 aromatic rings. The first-order valence-corrected chi connectivity index (χ1v) is 8.07. The Hall–Kier alpha value is -2.94. The molecule has 2 aromatic heterocycles. The van der Waals surface area contributed by atoms with E-state index in [0.717, 1.165) is 35.0 Å². The maximum Gasteiger partial charge on any atom is 0.150 e. The molecule has 0 aliphatic carbocycles. The lowest BCUT2D eigenvalue weighted by Gasteiger charge is -2.10. The summed E-state index contributed by atoms with van der Waals surface area (Å²) in [4.78, 5) is 8.96. The normalized spacial score (nSPS) is 11.2. The van der Waals surface area contributed by atoms with Gasteiger partial charge < -0.3 is 5.73 Å². The van der Waals surface area contributed by atoms with Crippen LogP contribution in [0.3, 0.4) is 0 Å². The van der Waals surface area contributed by atoms with Gasteiger partial charge in [-0.15, -0.1) is 0 Å². The van der Waals surface area contributed by atoms with Crippen molar-refractivity contribution in [1.29, 1.82) is 0 Å². The van der Waals surface area contributed by atoms with E-state index in [0.29, 0.717) is 5.82 Å². The molecule has 3 nitrogen and oxygen atoms in total. The van der Waals surface area contributed by atoms with Crippen molar-refractivity contribution in [3.05, 3.63) is 83.7 Å². The Labute approximate surface area is 142 Å². The molecule has 0 saturated heterocycles. The number of aromatic nitrogens is 2. The first kappa shape index (κ1) is 15.9. The Morgan fingerprint density at radius 3 is 2.62 bits per heavy atom. The summed E-state index contributed by atoms with van der Waals surface area (Å²) in [5, 5.41) is 1.05. The molecule has 0 fully saturated rings. The lowest BCUT2D eigenvalue weighted by molar-refractivity contribution is 0.954. The fourth-order valence-electron chi connectivity index (χ4n) is 2.85. The number of rotatable bonds is 5. The summed E-state index contributed by atoms with van der Waals surface area (Å²) in [6, 6.07) is 12.7. The quantitative estimate of drug-likeness (QED) is 0.705. The first-order valence-electron chi connectivity index (χ1n) is 8.07. The minimum atomic E-state index is 0.480. The number of pyridine rings is 2. The fraction of sp³-hybridized carbons (Fsp3) is 0.143. The van der Waals surface area contributed by atoms with Crippen molar-refractivity contribution in [3.63, 3.8) is 0 Å². The van der Waals surface area contributed by atoms with Crippen LogP contribution in [0.4, 0.5) is 5.82 Å². The van der Waals surface area contributed by atoms with Crippen LogP contribution in [0.2, 0.25) is 0 Å². The Bertz CT molecular complexity index is 896. The summed E-state index contributed by atoms with van der Waals surface area (Å²) in [6.07, 6.45) is 9.52. The average molecular weight is 315 g/mol. The summed E-state index contributed by atoms with van der Waals surface area (Å²) < 4.78 is 0. The van der Waals surface area contributed by atoms with Gasteiger partial charge in [0.1, 0.15) is 11.3 Å². The molecule has 0 aliphatic heterocycles. The van der Waals surface area contributed by atoms with Crippen LogP contribution in [0.5, 0.6) is 0 Å². The lowest BCUT2D eigenvalue weighted by atomic mass is 10.0. The van der Waals surface area contributed by atoms with E-state index >= 15 is 0 Å². The molecule has 3 heteroatoms. The molecule has 24 heavy (non-hydrogen) atoms. The number of aryl methyl sites for hydroxylation is 3. The van der Waals surface area contributed by atoms with E-state index in [-0.39, 0.29) is 0 Å². The van der Waals surface area contributed by atoms with Crippen LogP contribution < -0.4 is 5.73 Å². The Morgan fingerprint density at radius 2 is 1.88 bits per heavy atom. The Morgan fingerprint density at radius 1 is 1.12 bits per heavy atom. The van der Waals surface area contributed by atoms with Gasteiger partial charge in [0.15, 0.2) is 0 Å². The van der Waals surface area contributed by atoms with Crippen LogP contribution in [0.25, 0.3) is 17.0 Å². The molecule has 1 aromatic carbocycles. The number of nitrogens with two attached hydrogens (primary N) is 1. The minimum Gasteiger partial charge on any atom is -0.382 e. The molecule has 2 heterocycles. The van der Waals surface area contributed by atoms with Gasteiger partial charge in [0.2, 0.25) is 0 Å². The molecule has 3 rings (SSSR count). The van der Waals surface area contributed by atoms with Crippen LogP contribution >= 0.6 is 0 Å². The monoisotopic (exact) mass is 315 g/mol. The van der Waals surface area contributed by atoms with Gasteiger partial charge >= 0.3 is 0 Å². The standard InChI is InChI=1S/C21H21N3/c1-3-4-10-18-15(2)24-21(22)20-19(18)13-17(14-23-20)12-11-16-8-6-5-7-9-16/h3-10,13-14H,1,11-12H2,2H3,(H2,22,24)/b10-4-. The largest absolute Gasteiger partial charge is 0.382 e. The van der Waals surface area contributed by atoms with E-state index < -0.39 is 0 Å². The van der Waals surface area contributed by atoms with Crippen molar-refractivity contribution in [3.8, 4) is 0 Å². The van der Waals surface area contributed by atoms with Gasteiger partial charge in [-0.3, -0.25) is 4.98 Å². The predicted octanol–water partition coefficient (Wildman–Crippen LogP) is 4.50. The molecule has 120 valence electrons. The van der Waals surface area contributed by atoms with Crippen LogP contribution in [-0.4, -0.2) is 9.97 Å². The molecule has 0 unspecified atom stereocenters. The highest BCUT2D eigenvalue weighted by Crippen LogP contribution is 2.26. The van der Waals surface area contributed by atoms with Crippen molar-refractivity contribution in [2.75, 3.05) is 5.73 Å². The van der Waals surface area contributed by atoms with Crippen LogP contribution in [-0.2, 0) is 12.8 Å². The summed E-state index contributed by atoms with van der Waals surface area (Å²) in [6.45, 7) is 5.70. The van der Waals surface area contributed by atoms with E-state index in [1.165, 1.54) is 11.1 Å². The maximum atomic E-state index is 6.05. The van der Waals surface area contributed by atoms with E-state index in [9.17, 15) is 0 Å². The van der Waals surface area contributed by atoms with Crippen LogP contribution in [0.1, 0.15) is 22.4 Å². The van der Waals surface area contributed by atoms with E-state index in [2.05, 4.69) is 46.9 Å². The second kappa shape index (κ2) is 7.09. The lowest BCUT2D eigenvalue weighted by Crippen LogP contribution is -2.01. The third-order valence-electron chi connectivity index (χ3n) is 4.10. The van der Waals surface area contributed by atoms with Gasteiger partial charge in [-0.2, -0.15) is 0 Å². The summed E-state index contributed by atoms with van der Waals surface area (Å²) >= 11 is 0. The molecule has 0 radical (unpaired) electrons. The third kappa shape index (κ3) is 3.35. The second-order valence-electron chi connectivity index (χ2n) is 5.82. The van der Waals surface area contributed by atoms with Gasteiger partial charge in [-0.25, -0.2) is 4.98 Å².